The van der Waals surface area contributed by atoms with Gasteiger partial charge in [0.1, 0.15) is 0 Å². The molecule has 0 aliphatic carbocycles. The molecule has 0 atom stereocenters. The van der Waals surface area contributed by atoms with Gasteiger partial charge in [-0.05, 0) is 0 Å². The van der Waals surface area contributed by atoms with Crippen molar-refractivity contribution in [3.63, 3.8) is 0 Å². The van der Waals surface area contributed by atoms with E-state index in [1.54, 1.807) is 0 Å². The third-order valence-corrected chi connectivity index (χ3v) is 17.0. The number of hydrogen-bond acceptors (Lipinski definition) is 3. The minimum atomic E-state index is -2.69. The van der Waals surface area contributed by atoms with E-state index in [1.807, 2.05) is 0 Å². The summed E-state index contributed by atoms with van der Waals surface area (Å²) in [6, 6.07) is 0. The molecule has 5 heteroatoms. The van der Waals surface area contributed by atoms with Crippen molar-refractivity contribution in [2.75, 3.05) is 0 Å². The minimum absolute atomic E-state index is 1.08. The van der Waals surface area contributed by atoms with Gasteiger partial charge in [-0.25, -0.2) is 0 Å². The van der Waals surface area contributed by atoms with E-state index in [0.717, 1.165) is 21.7 Å². The average Bonchev–Trinajstić information content (AvgIpc) is 2.08. The Morgan fingerprint density at radius 2 is 1.54 bits per heavy atom. The zero-order valence-electron chi connectivity index (χ0n) is 8.38. The van der Waals surface area contributed by atoms with E-state index in [-0.39, 0.29) is 0 Å². The second-order valence-electron chi connectivity index (χ2n) is 3.49. The van der Waals surface area contributed by atoms with E-state index in [9.17, 15) is 4.21 Å². The van der Waals surface area contributed by atoms with E-state index in [4.69, 9.17) is 5.04 Å². The molecule has 0 spiro atoms. The van der Waals surface area contributed by atoms with Gasteiger partial charge in [-0.2, -0.15) is 0 Å². The molecule has 78 valence electrons. The molecule has 0 aromatic carbocycles. The van der Waals surface area contributed by atoms with E-state index >= 15 is 0 Å². The van der Waals surface area contributed by atoms with Gasteiger partial charge in [-0.1, -0.05) is 0 Å². The first kappa shape index (κ1) is 11.9. The topological polar surface area (TPSA) is 35.5 Å². The maximum absolute atomic E-state index is 10.8. The molecule has 1 saturated heterocycles. The summed E-state index contributed by atoms with van der Waals surface area (Å²) in [5.41, 5.74) is 0. The van der Waals surface area contributed by atoms with Crippen LogP contribution in [-0.2, 0) is 16.4 Å². The second-order valence-corrected chi connectivity index (χ2v) is 15.1. The molecule has 13 heavy (non-hydrogen) atoms. The Hall–Kier alpha value is 0.869. The monoisotopic (exact) mass is 314 g/mol. The van der Waals surface area contributed by atoms with Gasteiger partial charge >= 0.3 is 88.2 Å². The molecule has 1 aliphatic heterocycles. The molecule has 1 aliphatic rings. The van der Waals surface area contributed by atoms with Crippen LogP contribution in [0.15, 0.2) is 0 Å². The van der Waals surface area contributed by atoms with Crippen LogP contribution >= 0.6 is 0 Å². The summed E-state index contributed by atoms with van der Waals surface area (Å²) in [4.78, 5) is 0. The fraction of sp³-hybridized carbons (Fsp3) is 1.00. The van der Waals surface area contributed by atoms with Gasteiger partial charge in [0, 0.05) is 0 Å². The molecule has 3 nitrogen and oxygen atoms in total. The van der Waals surface area contributed by atoms with E-state index in [0.29, 0.717) is 0 Å². The van der Waals surface area contributed by atoms with Crippen LogP contribution in [0.1, 0.15) is 39.5 Å². The fourth-order valence-corrected chi connectivity index (χ4v) is 15.3. The Morgan fingerprint density at radius 1 is 1.08 bits per heavy atom. The summed E-state index contributed by atoms with van der Waals surface area (Å²) < 4.78 is 23.7. The van der Waals surface area contributed by atoms with Crippen molar-refractivity contribution < 1.29 is 9.25 Å². The van der Waals surface area contributed by atoms with Gasteiger partial charge in [0.15, 0.2) is 0 Å². The van der Waals surface area contributed by atoms with Crippen LogP contribution in [0.4, 0.5) is 0 Å². The molecule has 1 fully saturated rings. The number of rotatable bonds is 6. The molecule has 0 aromatic heterocycles. The first-order chi connectivity index (χ1) is 6.22. The SMILES string of the molecule is CCC[CH2][Sn]1([CH2]CCC)[O]S(=O)[O]1. The van der Waals surface area contributed by atoms with Crippen LogP contribution in [-0.4, -0.2) is 23.4 Å². The van der Waals surface area contributed by atoms with Crippen LogP contribution in [0.3, 0.4) is 0 Å². The summed E-state index contributed by atoms with van der Waals surface area (Å²) >= 11 is -4.06. The van der Waals surface area contributed by atoms with Crippen LogP contribution in [0.5, 0.6) is 0 Å². The average molecular weight is 313 g/mol. The summed E-state index contributed by atoms with van der Waals surface area (Å²) in [6.45, 7) is 4.32. The number of unbranched alkanes of at least 4 members (excludes halogenated alkanes) is 2. The molecule has 0 amide bonds. The van der Waals surface area contributed by atoms with Gasteiger partial charge in [0.2, 0.25) is 0 Å². The molecule has 0 bridgehead atoms. The predicted octanol–water partition coefficient (Wildman–Crippen LogP) is 2.65. The van der Waals surface area contributed by atoms with Crippen molar-refractivity contribution in [2.24, 2.45) is 0 Å². The molecular weight excluding hydrogens is 295 g/mol. The first-order valence-electron chi connectivity index (χ1n) is 5.03. The molecule has 0 radical (unpaired) electrons. The Labute approximate surface area is 88.0 Å². The number of hydrogen-bond donors (Lipinski definition) is 0. The summed E-state index contributed by atoms with van der Waals surface area (Å²) in [5.74, 6) is 0. The molecular formula is C8H18O3SSn. The normalized spacial score (nSPS) is 21.4. The van der Waals surface area contributed by atoms with Crippen molar-refractivity contribution in [2.45, 2.75) is 48.4 Å². The molecule has 0 saturated carbocycles. The summed E-state index contributed by atoms with van der Waals surface area (Å²) in [6.07, 6.45) is 4.67. The summed E-state index contributed by atoms with van der Waals surface area (Å²) in [7, 11) is 0. The first-order valence-corrected chi connectivity index (χ1v) is 12.4. The van der Waals surface area contributed by atoms with Gasteiger partial charge in [-0.3, -0.25) is 0 Å². The third kappa shape index (κ3) is 3.49. The zero-order valence-corrected chi connectivity index (χ0v) is 12.0. The standard InChI is InChI=1S/2C4H9.H2O3S.Sn/c2*1-3-4-2;1-4(2)3;/h2*1,3-4H2,2H3;(H2,1,2,3);/q;;;+2/p-2. The van der Waals surface area contributed by atoms with Gasteiger partial charge in [0.05, 0.1) is 0 Å². The van der Waals surface area contributed by atoms with Crippen molar-refractivity contribution in [1.29, 1.82) is 0 Å². The van der Waals surface area contributed by atoms with Gasteiger partial charge in [-0.15, -0.1) is 0 Å². The van der Waals surface area contributed by atoms with E-state index in [1.165, 1.54) is 12.8 Å². The van der Waals surface area contributed by atoms with Crippen LogP contribution < -0.4 is 0 Å². The Kier molecular flexibility index (Phi) is 5.21. The van der Waals surface area contributed by atoms with Crippen LogP contribution in [0, 0.1) is 0 Å². The zero-order chi connectivity index (χ0) is 9.73. The van der Waals surface area contributed by atoms with Crippen molar-refractivity contribution in [3.8, 4) is 0 Å². The van der Waals surface area contributed by atoms with Crippen molar-refractivity contribution >= 4 is 30.6 Å². The third-order valence-electron chi connectivity index (χ3n) is 2.26. The molecule has 1 rings (SSSR count). The van der Waals surface area contributed by atoms with E-state index in [2.05, 4.69) is 13.8 Å². The van der Waals surface area contributed by atoms with E-state index < -0.39 is 30.6 Å². The Balaban J connectivity index is 2.31. The molecule has 0 aromatic rings. The van der Waals surface area contributed by atoms with Crippen LogP contribution in [0.25, 0.3) is 0 Å². The van der Waals surface area contributed by atoms with Gasteiger partial charge in [0.25, 0.3) is 0 Å². The quantitative estimate of drug-likeness (QED) is 0.707. The second kappa shape index (κ2) is 5.68. The predicted molar refractivity (Wildman–Crippen MR) is 55.5 cm³/mol. The van der Waals surface area contributed by atoms with Gasteiger partial charge < -0.3 is 0 Å². The Bertz CT molecular complexity index is 168. The molecule has 1 heterocycles. The molecule has 0 unspecified atom stereocenters. The Morgan fingerprint density at radius 3 is 1.85 bits per heavy atom. The van der Waals surface area contributed by atoms with Crippen LogP contribution in [0.2, 0.25) is 8.87 Å². The molecule has 0 N–H and O–H groups in total. The fourth-order valence-electron chi connectivity index (χ4n) is 1.44. The maximum atomic E-state index is 10.8. The van der Waals surface area contributed by atoms with Crippen molar-refractivity contribution in [1.82, 2.24) is 0 Å². The van der Waals surface area contributed by atoms with Crippen molar-refractivity contribution in [3.05, 3.63) is 0 Å². The summed E-state index contributed by atoms with van der Waals surface area (Å²) in [5, 5.41) is 0.